The summed E-state index contributed by atoms with van der Waals surface area (Å²) in [6, 6.07) is 6.01. The minimum atomic E-state index is 1.12. The van der Waals surface area contributed by atoms with Crippen LogP contribution >= 0.6 is 0 Å². The molecule has 0 aliphatic rings. The third kappa shape index (κ3) is 3.81. The number of nitrogens with zero attached hydrogens (tertiary/aromatic N) is 2. The van der Waals surface area contributed by atoms with E-state index in [-0.39, 0.29) is 0 Å². The van der Waals surface area contributed by atoms with Gasteiger partial charge in [0, 0.05) is 24.3 Å². The molecule has 2 heteroatoms. The lowest BCUT2D eigenvalue weighted by Crippen LogP contribution is -1.81. The van der Waals surface area contributed by atoms with Gasteiger partial charge in [0.25, 0.3) is 0 Å². The maximum Gasteiger partial charge on any atom is 0.0401 e. The van der Waals surface area contributed by atoms with Crippen LogP contribution in [0.4, 0.5) is 0 Å². The second-order valence-electron chi connectivity index (χ2n) is 3.87. The topological polar surface area (TPSA) is 25.8 Å². The maximum atomic E-state index is 4.08. The van der Waals surface area contributed by atoms with Crippen LogP contribution in [0.5, 0.6) is 0 Å². The molecule has 84 valence electrons. The molecule has 0 bridgehead atoms. The first kappa shape index (κ1) is 12.4. The largest absolute Gasteiger partial charge is 0.264 e. The zero-order valence-electron chi connectivity index (χ0n) is 10.4. The van der Waals surface area contributed by atoms with Crippen LogP contribution in [0, 0.1) is 27.7 Å². The van der Waals surface area contributed by atoms with Crippen molar-refractivity contribution in [2.75, 3.05) is 0 Å². The maximum absolute atomic E-state index is 4.08. The van der Waals surface area contributed by atoms with E-state index in [4.69, 9.17) is 0 Å². The van der Waals surface area contributed by atoms with E-state index in [1.807, 2.05) is 37.6 Å². The normalized spacial score (nSPS) is 9.25. The third-order valence-corrected chi connectivity index (χ3v) is 2.57. The monoisotopic (exact) mass is 214 g/mol. The molecule has 0 aliphatic heterocycles. The van der Waals surface area contributed by atoms with Crippen LogP contribution < -0.4 is 0 Å². The summed E-state index contributed by atoms with van der Waals surface area (Å²) in [7, 11) is 0. The van der Waals surface area contributed by atoms with Crippen molar-refractivity contribution in [1.29, 1.82) is 0 Å². The minimum Gasteiger partial charge on any atom is -0.264 e. The van der Waals surface area contributed by atoms with Gasteiger partial charge in [-0.05, 0) is 56.5 Å². The van der Waals surface area contributed by atoms with Crippen molar-refractivity contribution in [2.45, 2.75) is 27.7 Å². The van der Waals surface area contributed by atoms with Gasteiger partial charge < -0.3 is 0 Å². The lowest BCUT2D eigenvalue weighted by atomic mass is 10.2. The summed E-state index contributed by atoms with van der Waals surface area (Å²) >= 11 is 0. The van der Waals surface area contributed by atoms with Crippen LogP contribution in [0.25, 0.3) is 0 Å². The second kappa shape index (κ2) is 6.01. The van der Waals surface area contributed by atoms with Gasteiger partial charge in [0.05, 0.1) is 0 Å². The van der Waals surface area contributed by atoms with Crippen LogP contribution in [-0.2, 0) is 0 Å². The Morgan fingerprint density at radius 1 is 0.812 bits per heavy atom. The van der Waals surface area contributed by atoms with Crippen LogP contribution in [0.2, 0.25) is 0 Å². The average molecular weight is 214 g/mol. The van der Waals surface area contributed by atoms with Gasteiger partial charge >= 0.3 is 0 Å². The molecule has 2 nitrogen and oxygen atoms in total. The first-order valence-corrected chi connectivity index (χ1v) is 5.36. The highest BCUT2D eigenvalue weighted by atomic mass is 14.7. The number of aromatic nitrogens is 2. The first-order valence-electron chi connectivity index (χ1n) is 5.36. The smallest absolute Gasteiger partial charge is 0.0401 e. The standard InChI is InChI=1S/2C7H9N/c1-6-3-4-8-5-7(6)2;1-6-4-3-5-8-7(6)2/h2*3-5H,1-2H3. The van der Waals surface area contributed by atoms with Crippen LogP contribution in [0.1, 0.15) is 22.4 Å². The number of aryl methyl sites for hydroxylation is 4. The van der Waals surface area contributed by atoms with Crippen LogP contribution in [0.15, 0.2) is 36.8 Å². The molecule has 0 saturated carbocycles. The van der Waals surface area contributed by atoms with Crippen molar-refractivity contribution in [2.24, 2.45) is 0 Å². The Labute approximate surface area is 97.4 Å². The third-order valence-electron chi connectivity index (χ3n) is 2.57. The molecular weight excluding hydrogens is 196 g/mol. The molecule has 0 saturated heterocycles. The Morgan fingerprint density at radius 2 is 1.56 bits per heavy atom. The molecule has 16 heavy (non-hydrogen) atoms. The highest BCUT2D eigenvalue weighted by molar-refractivity contribution is 5.18. The summed E-state index contributed by atoms with van der Waals surface area (Å²) in [4.78, 5) is 8.02. The van der Waals surface area contributed by atoms with Gasteiger partial charge in [0.15, 0.2) is 0 Å². The van der Waals surface area contributed by atoms with Gasteiger partial charge in [-0.2, -0.15) is 0 Å². The van der Waals surface area contributed by atoms with Gasteiger partial charge in [-0.3, -0.25) is 9.97 Å². The minimum absolute atomic E-state index is 1.12. The lowest BCUT2D eigenvalue weighted by Gasteiger charge is -1.92. The number of hydrogen-bond donors (Lipinski definition) is 0. The van der Waals surface area contributed by atoms with Crippen molar-refractivity contribution in [1.82, 2.24) is 9.97 Å². The van der Waals surface area contributed by atoms with E-state index in [2.05, 4.69) is 36.8 Å². The summed E-state index contributed by atoms with van der Waals surface area (Å²) in [6.07, 6.45) is 5.49. The van der Waals surface area contributed by atoms with Crippen molar-refractivity contribution < 1.29 is 0 Å². The predicted molar refractivity (Wildman–Crippen MR) is 67.4 cm³/mol. The van der Waals surface area contributed by atoms with Crippen molar-refractivity contribution in [3.05, 3.63) is 59.2 Å². The molecule has 0 atom stereocenters. The Hall–Kier alpha value is -1.70. The molecule has 0 fully saturated rings. The Morgan fingerprint density at radius 3 is 1.94 bits per heavy atom. The molecule has 0 aliphatic carbocycles. The van der Waals surface area contributed by atoms with E-state index in [9.17, 15) is 0 Å². The zero-order valence-corrected chi connectivity index (χ0v) is 10.4. The van der Waals surface area contributed by atoms with E-state index in [0.717, 1.165) is 5.69 Å². The summed E-state index contributed by atoms with van der Waals surface area (Å²) in [6.45, 7) is 8.21. The van der Waals surface area contributed by atoms with Gasteiger partial charge in [0.2, 0.25) is 0 Å². The van der Waals surface area contributed by atoms with E-state index >= 15 is 0 Å². The Kier molecular flexibility index (Phi) is 4.65. The number of hydrogen-bond acceptors (Lipinski definition) is 2. The van der Waals surface area contributed by atoms with Crippen molar-refractivity contribution >= 4 is 0 Å². The SMILES string of the molecule is Cc1cccnc1C.Cc1ccncc1C. The van der Waals surface area contributed by atoms with Gasteiger partial charge in [-0.25, -0.2) is 0 Å². The number of rotatable bonds is 0. The fraction of sp³-hybridized carbons (Fsp3) is 0.286. The molecule has 0 spiro atoms. The number of pyridine rings is 2. The quantitative estimate of drug-likeness (QED) is 0.671. The fourth-order valence-electron chi connectivity index (χ4n) is 1.11. The van der Waals surface area contributed by atoms with Crippen LogP contribution in [0.3, 0.4) is 0 Å². The Bertz CT molecular complexity index is 364. The molecule has 0 unspecified atom stereocenters. The molecule has 0 radical (unpaired) electrons. The van der Waals surface area contributed by atoms with Gasteiger partial charge in [-0.15, -0.1) is 0 Å². The summed E-state index contributed by atoms with van der Waals surface area (Å²) in [5.74, 6) is 0. The van der Waals surface area contributed by atoms with E-state index < -0.39 is 0 Å². The molecule has 0 N–H and O–H groups in total. The van der Waals surface area contributed by atoms with E-state index in [1.165, 1.54) is 16.7 Å². The van der Waals surface area contributed by atoms with Gasteiger partial charge in [0.1, 0.15) is 0 Å². The van der Waals surface area contributed by atoms with E-state index in [1.54, 1.807) is 0 Å². The molecule has 2 heterocycles. The predicted octanol–water partition coefficient (Wildman–Crippen LogP) is 3.40. The van der Waals surface area contributed by atoms with Crippen LogP contribution in [-0.4, -0.2) is 9.97 Å². The molecule has 2 aromatic rings. The average Bonchev–Trinajstić information content (AvgIpc) is 2.28. The highest BCUT2D eigenvalue weighted by Gasteiger charge is 1.86. The van der Waals surface area contributed by atoms with Crippen molar-refractivity contribution in [3.63, 3.8) is 0 Å². The molecule has 2 aromatic heterocycles. The second-order valence-corrected chi connectivity index (χ2v) is 3.87. The summed E-state index contributed by atoms with van der Waals surface area (Å²) in [5, 5.41) is 0. The van der Waals surface area contributed by atoms with Gasteiger partial charge in [-0.1, -0.05) is 6.07 Å². The van der Waals surface area contributed by atoms with E-state index in [0.29, 0.717) is 0 Å². The summed E-state index contributed by atoms with van der Waals surface area (Å²) < 4.78 is 0. The lowest BCUT2D eigenvalue weighted by molar-refractivity contribution is 1.15. The molecule has 2 rings (SSSR count). The first-order chi connectivity index (χ1) is 7.61. The summed E-state index contributed by atoms with van der Waals surface area (Å²) in [5.41, 5.74) is 4.94. The molecular formula is C14H18N2. The highest BCUT2D eigenvalue weighted by Crippen LogP contribution is 2.00. The van der Waals surface area contributed by atoms with Crippen molar-refractivity contribution in [3.8, 4) is 0 Å². The molecule has 0 aromatic carbocycles. The molecule has 0 amide bonds. The fourth-order valence-corrected chi connectivity index (χ4v) is 1.11. The zero-order chi connectivity index (χ0) is 12.0. The Balaban J connectivity index is 0.000000160.